The highest BCUT2D eigenvalue weighted by Gasteiger charge is 2.13. The Labute approximate surface area is 151 Å². The summed E-state index contributed by atoms with van der Waals surface area (Å²) in [5.74, 6) is 0.951. The van der Waals surface area contributed by atoms with Gasteiger partial charge in [0.1, 0.15) is 5.75 Å². The summed E-state index contributed by atoms with van der Waals surface area (Å²) in [5, 5.41) is 9.29. The lowest BCUT2D eigenvalue weighted by Crippen LogP contribution is -2.28. The summed E-state index contributed by atoms with van der Waals surface area (Å²) in [6.07, 6.45) is 0.813. The number of nitrogens with one attached hydrogen (secondary N) is 2. The van der Waals surface area contributed by atoms with E-state index < -0.39 is 12.0 Å². The Bertz CT molecular complexity index is 770. The average Bonchev–Trinajstić information content (AvgIpc) is 3.05. The van der Waals surface area contributed by atoms with Crippen molar-refractivity contribution in [1.29, 1.82) is 0 Å². The van der Waals surface area contributed by atoms with E-state index in [1.165, 1.54) is 20.3 Å². The minimum Gasteiger partial charge on any atom is -0.495 e. The van der Waals surface area contributed by atoms with E-state index in [0.29, 0.717) is 28.7 Å². The molecule has 2 amide bonds. The lowest BCUT2D eigenvalue weighted by Gasteiger charge is -2.12. The van der Waals surface area contributed by atoms with Crippen molar-refractivity contribution in [1.82, 2.24) is 10.5 Å². The van der Waals surface area contributed by atoms with Gasteiger partial charge in [0.25, 0.3) is 0 Å². The van der Waals surface area contributed by atoms with Crippen LogP contribution in [0.2, 0.25) is 0 Å². The predicted molar refractivity (Wildman–Crippen MR) is 95.2 cm³/mol. The number of ether oxygens (including phenoxy) is 2. The normalized spacial score (nSPS) is 10.5. The van der Waals surface area contributed by atoms with E-state index in [2.05, 4.69) is 34.4 Å². The molecule has 0 unspecified atom stereocenters. The molecule has 8 heteroatoms. The first-order chi connectivity index (χ1) is 12.4. The van der Waals surface area contributed by atoms with Crippen LogP contribution in [0, 0.1) is 5.92 Å². The van der Waals surface area contributed by atoms with Crippen LogP contribution in [0.1, 0.15) is 35.7 Å². The van der Waals surface area contributed by atoms with Gasteiger partial charge < -0.3 is 24.6 Å². The number of hydrogen-bond acceptors (Lipinski definition) is 6. The van der Waals surface area contributed by atoms with Gasteiger partial charge in [0.15, 0.2) is 5.76 Å². The molecule has 0 aliphatic heterocycles. The summed E-state index contributed by atoms with van der Waals surface area (Å²) in [6.45, 7) is 4.38. The van der Waals surface area contributed by atoms with Crippen molar-refractivity contribution in [3.63, 3.8) is 0 Å². The molecule has 1 aromatic carbocycles. The minimum atomic E-state index is -0.504. The zero-order chi connectivity index (χ0) is 19.1. The number of urea groups is 1. The number of nitrogens with zero attached hydrogens (tertiary/aromatic N) is 1. The van der Waals surface area contributed by atoms with E-state index in [9.17, 15) is 9.59 Å². The Morgan fingerprint density at radius 3 is 2.65 bits per heavy atom. The lowest BCUT2D eigenvalue weighted by molar-refractivity contribution is 0.0600. The fourth-order valence-electron chi connectivity index (χ4n) is 2.34. The number of amides is 2. The molecule has 0 saturated heterocycles. The summed E-state index contributed by atoms with van der Waals surface area (Å²) < 4.78 is 15.1. The van der Waals surface area contributed by atoms with Crippen molar-refractivity contribution in [3.05, 3.63) is 41.3 Å². The Hall–Kier alpha value is -3.03. The second kappa shape index (κ2) is 8.89. The van der Waals surface area contributed by atoms with Crippen LogP contribution in [0.15, 0.2) is 28.8 Å². The molecule has 0 atom stereocenters. The van der Waals surface area contributed by atoms with Gasteiger partial charge in [-0.15, -0.1) is 0 Å². The van der Waals surface area contributed by atoms with Crippen LogP contribution in [0.4, 0.5) is 10.5 Å². The molecule has 0 fully saturated rings. The van der Waals surface area contributed by atoms with Crippen molar-refractivity contribution in [2.24, 2.45) is 5.92 Å². The molecule has 1 aromatic heterocycles. The molecule has 0 saturated carbocycles. The van der Waals surface area contributed by atoms with E-state index in [0.717, 1.165) is 12.1 Å². The summed E-state index contributed by atoms with van der Waals surface area (Å²) in [4.78, 5) is 23.8. The maximum atomic E-state index is 12.1. The second-order valence-electron chi connectivity index (χ2n) is 6.10. The number of carbonyl (C=O) groups excluding carboxylic acids is 2. The molecule has 2 aromatic rings. The van der Waals surface area contributed by atoms with Crippen LogP contribution < -0.4 is 15.4 Å². The maximum Gasteiger partial charge on any atom is 0.337 e. The quantitative estimate of drug-likeness (QED) is 0.735. The third-order valence-electron chi connectivity index (χ3n) is 3.52. The second-order valence-corrected chi connectivity index (χ2v) is 6.10. The first-order valence-electron chi connectivity index (χ1n) is 8.18. The Kier molecular flexibility index (Phi) is 6.60. The topological polar surface area (TPSA) is 103 Å². The van der Waals surface area contributed by atoms with E-state index >= 15 is 0 Å². The summed E-state index contributed by atoms with van der Waals surface area (Å²) in [5.41, 5.74) is 1.51. The smallest absolute Gasteiger partial charge is 0.337 e. The van der Waals surface area contributed by atoms with Gasteiger partial charge >= 0.3 is 12.0 Å². The molecule has 0 bridgehead atoms. The Balaban J connectivity index is 1.98. The molecule has 0 aliphatic rings. The van der Waals surface area contributed by atoms with E-state index in [4.69, 9.17) is 9.26 Å². The Morgan fingerprint density at radius 2 is 2.00 bits per heavy atom. The fourth-order valence-corrected chi connectivity index (χ4v) is 2.34. The number of methoxy groups -OCH3 is 2. The SMILES string of the molecule is COC(=O)c1ccc(OC)c(NC(=O)NCc2cc(CC(C)C)no2)c1. The van der Waals surface area contributed by atoms with Gasteiger partial charge in [0.05, 0.1) is 37.7 Å². The molecule has 0 spiro atoms. The zero-order valence-corrected chi connectivity index (χ0v) is 15.3. The highest BCUT2D eigenvalue weighted by Crippen LogP contribution is 2.25. The van der Waals surface area contributed by atoms with E-state index in [1.807, 2.05) is 6.07 Å². The van der Waals surface area contributed by atoms with Crippen molar-refractivity contribution in [2.45, 2.75) is 26.8 Å². The van der Waals surface area contributed by atoms with Crippen LogP contribution >= 0.6 is 0 Å². The first-order valence-corrected chi connectivity index (χ1v) is 8.18. The van der Waals surface area contributed by atoms with Crippen molar-refractivity contribution in [2.75, 3.05) is 19.5 Å². The number of aromatic nitrogens is 1. The van der Waals surface area contributed by atoms with Gasteiger partial charge in [0, 0.05) is 6.07 Å². The van der Waals surface area contributed by atoms with Crippen LogP contribution in [0.5, 0.6) is 5.75 Å². The third-order valence-corrected chi connectivity index (χ3v) is 3.52. The predicted octanol–water partition coefficient (Wildman–Crippen LogP) is 2.99. The van der Waals surface area contributed by atoms with Crippen LogP contribution in [-0.2, 0) is 17.7 Å². The first kappa shape index (κ1) is 19.3. The highest BCUT2D eigenvalue weighted by atomic mass is 16.5. The van der Waals surface area contributed by atoms with Gasteiger partial charge in [-0.1, -0.05) is 19.0 Å². The molecule has 0 radical (unpaired) electrons. The van der Waals surface area contributed by atoms with Crippen molar-refractivity contribution >= 4 is 17.7 Å². The molecule has 1 heterocycles. The van der Waals surface area contributed by atoms with Crippen LogP contribution in [-0.4, -0.2) is 31.4 Å². The number of benzene rings is 1. The van der Waals surface area contributed by atoms with Gasteiger partial charge in [-0.05, 0) is 30.5 Å². The number of hydrogen-bond donors (Lipinski definition) is 2. The number of anilines is 1. The fraction of sp³-hybridized carbons (Fsp3) is 0.389. The van der Waals surface area contributed by atoms with Gasteiger partial charge in [-0.2, -0.15) is 0 Å². The summed E-state index contributed by atoms with van der Waals surface area (Å²) >= 11 is 0. The largest absolute Gasteiger partial charge is 0.495 e. The molecular formula is C18H23N3O5. The maximum absolute atomic E-state index is 12.1. The molecule has 140 valence electrons. The lowest BCUT2D eigenvalue weighted by atomic mass is 10.1. The number of carbonyl (C=O) groups is 2. The highest BCUT2D eigenvalue weighted by molar-refractivity contribution is 5.95. The number of esters is 1. The molecule has 0 aliphatic carbocycles. The molecule has 2 N–H and O–H groups in total. The van der Waals surface area contributed by atoms with Crippen molar-refractivity contribution < 1.29 is 23.6 Å². The molecular weight excluding hydrogens is 338 g/mol. The summed E-state index contributed by atoms with van der Waals surface area (Å²) in [7, 11) is 2.76. The van der Waals surface area contributed by atoms with Crippen LogP contribution in [0.3, 0.4) is 0 Å². The van der Waals surface area contributed by atoms with E-state index in [-0.39, 0.29) is 6.54 Å². The Morgan fingerprint density at radius 1 is 1.23 bits per heavy atom. The minimum absolute atomic E-state index is 0.190. The van der Waals surface area contributed by atoms with Gasteiger partial charge in [-0.3, -0.25) is 0 Å². The average molecular weight is 361 g/mol. The molecule has 8 nitrogen and oxygen atoms in total. The van der Waals surface area contributed by atoms with Gasteiger partial charge in [0.2, 0.25) is 0 Å². The standard InChI is InChI=1S/C18H23N3O5/c1-11(2)7-13-9-14(26-21-13)10-19-18(23)20-15-8-12(17(22)25-4)5-6-16(15)24-3/h5-6,8-9,11H,7,10H2,1-4H3,(H2,19,20,23). The molecule has 26 heavy (non-hydrogen) atoms. The number of rotatable bonds is 7. The molecule has 2 rings (SSSR count). The summed E-state index contributed by atoms with van der Waals surface area (Å²) in [6, 6.07) is 5.97. The monoisotopic (exact) mass is 361 g/mol. The van der Waals surface area contributed by atoms with Crippen LogP contribution in [0.25, 0.3) is 0 Å². The zero-order valence-electron chi connectivity index (χ0n) is 15.3. The third kappa shape index (κ3) is 5.23. The van der Waals surface area contributed by atoms with Gasteiger partial charge in [-0.25, -0.2) is 9.59 Å². The van der Waals surface area contributed by atoms with Crippen molar-refractivity contribution in [3.8, 4) is 5.75 Å². The van der Waals surface area contributed by atoms with E-state index in [1.54, 1.807) is 12.1 Å².